The Morgan fingerprint density at radius 1 is 1.35 bits per heavy atom. The molecule has 0 fully saturated rings. The van der Waals surface area contributed by atoms with E-state index < -0.39 is 0 Å². The van der Waals surface area contributed by atoms with Crippen LogP contribution in [-0.2, 0) is 0 Å². The summed E-state index contributed by atoms with van der Waals surface area (Å²) in [6.07, 6.45) is 5.25. The summed E-state index contributed by atoms with van der Waals surface area (Å²) in [5.74, 6) is 0.119. The SMILES string of the molecule is CC1=CCC(C)(C)C(NC(=O)c2cc3cc(O)ccc3[nH]2)CC1. The minimum Gasteiger partial charge on any atom is -0.508 e. The molecule has 1 aliphatic carbocycles. The second kappa shape index (κ2) is 5.76. The van der Waals surface area contributed by atoms with Gasteiger partial charge in [0.05, 0.1) is 0 Å². The Balaban J connectivity index is 1.79. The summed E-state index contributed by atoms with van der Waals surface area (Å²) in [6, 6.07) is 6.99. The number of hydrogen-bond donors (Lipinski definition) is 3. The van der Waals surface area contributed by atoms with Crippen LogP contribution in [-0.4, -0.2) is 22.0 Å². The molecule has 0 bridgehead atoms. The van der Waals surface area contributed by atoms with Crippen molar-refractivity contribution in [3.63, 3.8) is 0 Å². The molecule has 1 atom stereocenters. The van der Waals surface area contributed by atoms with E-state index in [1.54, 1.807) is 24.3 Å². The maximum Gasteiger partial charge on any atom is 0.267 e. The lowest BCUT2D eigenvalue weighted by molar-refractivity contribution is 0.0888. The summed E-state index contributed by atoms with van der Waals surface area (Å²) in [7, 11) is 0. The number of aromatic hydroxyl groups is 1. The smallest absolute Gasteiger partial charge is 0.267 e. The van der Waals surface area contributed by atoms with E-state index in [-0.39, 0.29) is 23.1 Å². The number of aromatic amines is 1. The maximum atomic E-state index is 12.6. The van der Waals surface area contributed by atoms with Gasteiger partial charge in [-0.3, -0.25) is 4.79 Å². The molecule has 3 N–H and O–H groups in total. The number of aromatic nitrogens is 1. The van der Waals surface area contributed by atoms with Gasteiger partial charge in [0.25, 0.3) is 5.91 Å². The third-order valence-corrected chi connectivity index (χ3v) is 4.90. The zero-order valence-corrected chi connectivity index (χ0v) is 13.9. The molecular weight excluding hydrogens is 288 g/mol. The van der Waals surface area contributed by atoms with Gasteiger partial charge in [-0.25, -0.2) is 0 Å². The lowest BCUT2D eigenvalue weighted by Gasteiger charge is -2.33. The molecule has 23 heavy (non-hydrogen) atoms. The first-order valence-corrected chi connectivity index (χ1v) is 8.13. The first-order chi connectivity index (χ1) is 10.8. The van der Waals surface area contributed by atoms with E-state index in [2.05, 4.69) is 37.1 Å². The number of carbonyl (C=O) groups is 1. The molecular formula is C19H24N2O2. The number of hydrogen-bond acceptors (Lipinski definition) is 2. The fourth-order valence-electron chi connectivity index (χ4n) is 3.19. The van der Waals surface area contributed by atoms with Crippen molar-refractivity contribution in [1.82, 2.24) is 10.3 Å². The highest BCUT2D eigenvalue weighted by Gasteiger charge is 2.31. The number of H-pyrrole nitrogens is 1. The Hall–Kier alpha value is -2.23. The Bertz CT molecular complexity index is 771. The Morgan fingerprint density at radius 2 is 2.13 bits per heavy atom. The second-order valence-corrected chi connectivity index (χ2v) is 7.26. The van der Waals surface area contributed by atoms with Crippen molar-refractivity contribution in [1.29, 1.82) is 0 Å². The molecule has 1 aromatic carbocycles. The zero-order chi connectivity index (χ0) is 16.6. The zero-order valence-electron chi connectivity index (χ0n) is 13.9. The molecule has 1 aliphatic rings. The number of phenolic OH excluding ortho intramolecular Hbond substituents is 1. The van der Waals surface area contributed by atoms with Gasteiger partial charge in [-0.1, -0.05) is 25.5 Å². The number of phenols is 1. The number of amides is 1. The molecule has 1 amide bonds. The van der Waals surface area contributed by atoms with Crippen LogP contribution in [0.3, 0.4) is 0 Å². The van der Waals surface area contributed by atoms with Crippen LogP contribution >= 0.6 is 0 Å². The summed E-state index contributed by atoms with van der Waals surface area (Å²) in [4.78, 5) is 15.8. The minimum absolute atomic E-state index is 0.0394. The largest absolute Gasteiger partial charge is 0.508 e. The molecule has 0 saturated carbocycles. The molecule has 1 heterocycles. The Morgan fingerprint density at radius 3 is 2.91 bits per heavy atom. The normalized spacial score (nSPS) is 20.8. The van der Waals surface area contributed by atoms with Crippen molar-refractivity contribution in [2.45, 2.75) is 46.1 Å². The van der Waals surface area contributed by atoms with Crippen molar-refractivity contribution >= 4 is 16.8 Å². The molecule has 4 heteroatoms. The fourth-order valence-corrected chi connectivity index (χ4v) is 3.19. The standard InChI is InChI=1S/C19H24N2O2/c1-12-4-7-17(19(2,3)9-8-12)21-18(23)16-11-13-10-14(22)5-6-15(13)20-16/h5-6,8,10-11,17,20,22H,4,7,9H2,1-3H3,(H,21,23). The lowest BCUT2D eigenvalue weighted by atomic mass is 9.80. The summed E-state index contributed by atoms with van der Waals surface area (Å²) in [5, 5.41) is 13.6. The quantitative estimate of drug-likeness (QED) is 0.730. The number of nitrogens with one attached hydrogen (secondary N) is 2. The monoisotopic (exact) mass is 312 g/mol. The summed E-state index contributed by atoms with van der Waals surface area (Å²) in [5.41, 5.74) is 2.83. The molecule has 4 nitrogen and oxygen atoms in total. The molecule has 122 valence electrons. The van der Waals surface area contributed by atoms with Crippen molar-refractivity contribution in [2.75, 3.05) is 0 Å². The van der Waals surface area contributed by atoms with E-state index in [4.69, 9.17) is 0 Å². The van der Waals surface area contributed by atoms with Crippen molar-refractivity contribution < 1.29 is 9.90 Å². The van der Waals surface area contributed by atoms with Gasteiger partial charge in [0.15, 0.2) is 0 Å². The van der Waals surface area contributed by atoms with Gasteiger partial charge in [0, 0.05) is 16.9 Å². The fraction of sp³-hybridized carbons (Fsp3) is 0.421. The van der Waals surface area contributed by atoms with Gasteiger partial charge >= 0.3 is 0 Å². The van der Waals surface area contributed by atoms with E-state index in [0.717, 1.165) is 30.2 Å². The lowest BCUT2D eigenvalue weighted by Crippen LogP contribution is -2.44. The van der Waals surface area contributed by atoms with Crippen molar-refractivity contribution in [3.05, 3.63) is 41.6 Å². The van der Waals surface area contributed by atoms with Gasteiger partial charge in [-0.05, 0) is 55.9 Å². The highest BCUT2D eigenvalue weighted by molar-refractivity contribution is 5.98. The van der Waals surface area contributed by atoms with Gasteiger partial charge in [-0.15, -0.1) is 0 Å². The molecule has 0 spiro atoms. The van der Waals surface area contributed by atoms with Crippen molar-refractivity contribution in [2.24, 2.45) is 5.41 Å². The van der Waals surface area contributed by atoms with E-state index >= 15 is 0 Å². The summed E-state index contributed by atoms with van der Waals surface area (Å²) in [6.45, 7) is 6.57. The van der Waals surface area contributed by atoms with Crippen LogP contribution in [0, 0.1) is 5.41 Å². The van der Waals surface area contributed by atoms with Crippen LogP contribution in [0.15, 0.2) is 35.9 Å². The molecule has 2 aromatic rings. The van der Waals surface area contributed by atoms with E-state index in [9.17, 15) is 9.90 Å². The van der Waals surface area contributed by atoms with E-state index in [0.29, 0.717) is 5.69 Å². The van der Waals surface area contributed by atoms with Gasteiger partial charge < -0.3 is 15.4 Å². The van der Waals surface area contributed by atoms with E-state index in [1.807, 2.05) is 0 Å². The number of carbonyl (C=O) groups excluding carboxylic acids is 1. The van der Waals surface area contributed by atoms with Crippen LogP contribution in [0.25, 0.3) is 10.9 Å². The van der Waals surface area contributed by atoms with Gasteiger partial charge in [-0.2, -0.15) is 0 Å². The topological polar surface area (TPSA) is 65.1 Å². The molecule has 1 aromatic heterocycles. The highest BCUT2D eigenvalue weighted by Crippen LogP contribution is 2.33. The predicted octanol–water partition coefficient (Wildman–Crippen LogP) is 4.13. The molecule has 0 saturated heterocycles. The van der Waals surface area contributed by atoms with Crippen LogP contribution in [0.5, 0.6) is 5.75 Å². The van der Waals surface area contributed by atoms with Gasteiger partial charge in [0.1, 0.15) is 11.4 Å². The minimum atomic E-state index is -0.0849. The van der Waals surface area contributed by atoms with Crippen molar-refractivity contribution in [3.8, 4) is 5.75 Å². The number of rotatable bonds is 2. The first kappa shape index (κ1) is 15.7. The second-order valence-electron chi connectivity index (χ2n) is 7.26. The van der Waals surface area contributed by atoms with Crippen LogP contribution < -0.4 is 5.32 Å². The molecule has 0 radical (unpaired) electrons. The first-order valence-electron chi connectivity index (χ1n) is 8.13. The molecule has 3 rings (SSSR count). The molecule has 1 unspecified atom stereocenters. The third kappa shape index (κ3) is 3.26. The third-order valence-electron chi connectivity index (χ3n) is 4.90. The summed E-state index contributed by atoms with van der Waals surface area (Å²) >= 11 is 0. The van der Waals surface area contributed by atoms with E-state index in [1.165, 1.54) is 5.57 Å². The van der Waals surface area contributed by atoms with Crippen LogP contribution in [0.1, 0.15) is 50.5 Å². The number of benzene rings is 1. The van der Waals surface area contributed by atoms with Crippen LogP contribution in [0.2, 0.25) is 0 Å². The van der Waals surface area contributed by atoms with Gasteiger partial charge in [0.2, 0.25) is 0 Å². The molecule has 0 aliphatic heterocycles. The summed E-state index contributed by atoms with van der Waals surface area (Å²) < 4.78 is 0. The predicted molar refractivity (Wildman–Crippen MR) is 92.6 cm³/mol. The average molecular weight is 312 g/mol. The maximum absolute atomic E-state index is 12.6. The number of fused-ring (bicyclic) bond motifs is 1. The average Bonchev–Trinajstić information content (AvgIpc) is 2.86. The Labute approximate surface area is 136 Å². The highest BCUT2D eigenvalue weighted by atomic mass is 16.3. The van der Waals surface area contributed by atoms with Crippen LogP contribution in [0.4, 0.5) is 0 Å². The number of allylic oxidation sites excluding steroid dienone is 2. The Kier molecular flexibility index (Phi) is 3.92.